The van der Waals surface area contributed by atoms with E-state index >= 15 is 0 Å². The Morgan fingerprint density at radius 1 is 1.38 bits per heavy atom. The van der Waals surface area contributed by atoms with Gasteiger partial charge in [0.1, 0.15) is 11.3 Å². The molecule has 112 valence electrons. The number of aromatic nitrogens is 1. The van der Waals surface area contributed by atoms with Crippen molar-refractivity contribution in [1.82, 2.24) is 4.98 Å². The molecule has 1 aromatic carbocycles. The van der Waals surface area contributed by atoms with Crippen LogP contribution in [0, 0.1) is 17.6 Å². The van der Waals surface area contributed by atoms with E-state index in [4.69, 9.17) is 0 Å². The number of piperidine rings is 1. The van der Waals surface area contributed by atoms with Crippen molar-refractivity contribution in [2.24, 2.45) is 5.92 Å². The van der Waals surface area contributed by atoms with E-state index in [1.54, 1.807) is 19.2 Å². The molecule has 5 heteroatoms. The number of aliphatic hydroxyl groups excluding tert-OH is 1. The number of hydrogen-bond acceptors (Lipinski definition) is 3. The zero-order valence-electron chi connectivity index (χ0n) is 11.9. The first kappa shape index (κ1) is 14.2. The molecule has 1 aromatic heterocycles. The van der Waals surface area contributed by atoms with Crippen molar-refractivity contribution < 1.29 is 13.9 Å². The summed E-state index contributed by atoms with van der Waals surface area (Å²) in [6.07, 6.45) is 3.09. The summed E-state index contributed by atoms with van der Waals surface area (Å²) in [5, 5.41) is 10.3. The lowest BCUT2D eigenvalue weighted by molar-refractivity contribution is 0.115. The van der Waals surface area contributed by atoms with Crippen LogP contribution >= 0.6 is 0 Å². The molecule has 0 aliphatic carbocycles. The molecule has 1 aliphatic rings. The lowest BCUT2D eigenvalue weighted by atomic mass is 9.93. The predicted octanol–water partition coefficient (Wildman–Crippen LogP) is 3.11. The molecule has 3 rings (SSSR count). The van der Waals surface area contributed by atoms with E-state index in [-0.39, 0.29) is 17.5 Å². The number of pyridine rings is 1. The Labute approximate surface area is 122 Å². The van der Waals surface area contributed by atoms with Crippen LogP contribution < -0.4 is 4.90 Å². The minimum atomic E-state index is -0.643. The molecule has 0 radical (unpaired) electrons. The minimum absolute atomic E-state index is 0.181. The molecule has 0 bridgehead atoms. The van der Waals surface area contributed by atoms with Crippen LogP contribution in [0.25, 0.3) is 10.9 Å². The van der Waals surface area contributed by atoms with Gasteiger partial charge in [-0.15, -0.1) is 0 Å². The molecular formula is C16H18F2N2O. The maximum atomic E-state index is 13.8. The van der Waals surface area contributed by atoms with E-state index in [9.17, 15) is 13.9 Å². The number of hydrogen-bond donors (Lipinski definition) is 1. The lowest BCUT2D eigenvalue weighted by Gasteiger charge is -2.36. The summed E-state index contributed by atoms with van der Waals surface area (Å²) in [5.74, 6) is -1.06. The number of halogens is 2. The molecule has 2 unspecified atom stereocenters. The topological polar surface area (TPSA) is 36.4 Å². The van der Waals surface area contributed by atoms with Crippen molar-refractivity contribution >= 4 is 16.6 Å². The highest BCUT2D eigenvalue weighted by atomic mass is 19.1. The van der Waals surface area contributed by atoms with Crippen molar-refractivity contribution in [2.75, 3.05) is 18.0 Å². The number of fused-ring (bicyclic) bond motifs is 1. The van der Waals surface area contributed by atoms with Crippen LogP contribution in [-0.2, 0) is 0 Å². The van der Waals surface area contributed by atoms with E-state index in [2.05, 4.69) is 9.88 Å². The molecule has 2 aromatic rings. The van der Waals surface area contributed by atoms with Gasteiger partial charge in [-0.3, -0.25) is 4.98 Å². The number of benzene rings is 1. The van der Waals surface area contributed by atoms with Crippen LogP contribution in [0.5, 0.6) is 0 Å². The van der Waals surface area contributed by atoms with Crippen LogP contribution in [0.1, 0.15) is 19.8 Å². The van der Waals surface area contributed by atoms with Crippen molar-refractivity contribution in [3.63, 3.8) is 0 Å². The largest absolute Gasteiger partial charge is 0.393 e. The first-order valence-electron chi connectivity index (χ1n) is 7.23. The van der Waals surface area contributed by atoms with Gasteiger partial charge in [-0.2, -0.15) is 0 Å². The lowest BCUT2D eigenvalue weighted by Crippen LogP contribution is -2.39. The minimum Gasteiger partial charge on any atom is -0.393 e. The second-order valence-electron chi connectivity index (χ2n) is 5.70. The monoisotopic (exact) mass is 292 g/mol. The first-order valence-corrected chi connectivity index (χ1v) is 7.23. The van der Waals surface area contributed by atoms with Gasteiger partial charge in [0.05, 0.1) is 6.10 Å². The summed E-state index contributed by atoms with van der Waals surface area (Å²) in [4.78, 5) is 6.10. The molecule has 1 saturated heterocycles. The first-order chi connectivity index (χ1) is 10.1. The van der Waals surface area contributed by atoms with Crippen LogP contribution in [0.2, 0.25) is 0 Å². The van der Waals surface area contributed by atoms with Crippen molar-refractivity contribution in [1.29, 1.82) is 0 Å². The van der Waals surface area contributed by atoms with Crippen LogP contribution in [0.15, 0.2) is 24.4 Å². The van der Waals surface area contributed by atoms with Gasteiger partial charge in [-0.05, 0) is 31.9 Å². The fraction of sp³-hybridized carbons (Fsp3) is 0.438. The maximum Gasteiger partial charge on any atom is 0.152 e. The zero-order chi connectivity index (χ0) is 15.0. The molecule has 0 amide bonds. The van der Waals surface area contributed by atoms with Gasteiger partial charge >= 0.3 is 0 Å². The Balaban J connectivity index is 2.04. The fourth-order valence-corrected chi connectivity index (χ4v) is 3.06. The summed E-state index contributed by atoms with van der Waals surface area (Å²) in [7, 11) is 0. The van der Waals surface area contributed by atoms with E-state index < -0.39 is 11.6 Å². The third-order valence-electron chi connectivity index (χ3n) is 4.22. The van der Waals surface area contributed by atoms with Gasteiger partial charge in [0.15, 0.2) is 5.82 Å². The Hall–Kier alpha value is -1.75. The molecule has 2 atom stereocenters. The van der Waals surface area contributed by atoms with Crippen molar-refractivity contribution in [2.45, 2.75) is 25.9 Å². The summed E-state index contributed by atoms with van der Waals surface area (Å²) < 4.78 is 27.4. The molecule has 1 fully saturated rings. The van der Waals surface area contributed by atoms with Gasteiger partial charge in [-0.25, -0.2) is 8.78 Å². The van der Waals surface area contributed by atoms with Gasteiger partial charge in [0.2, 0.25) is 0 Å². The highest BCUT2D eigenvalue weighted by Crippen LogP contribution is 2.31. The summed E-state index contributed by atoms with van der Waals surface area (Å²) in [6, 6.07) is 3.96. The smallest absolute Gasteiger partial charge is 0.152 e. The SMILES string of the molecule is CC(O)C1CCCN(c2ccnc3c(F)cc(F)cc23)C1. The van der Waals surface area contributed by atoms with Gasteiger partial charge in [0, 0.05) is 42.3 Å². The second-order valence-corrected chi connectivity index (χ2v) is 5.70. The Morgan fingerprint density at radius 2 is 2.19 bits per heavy atom. The highest BCUT2D eigenvalue weighted by molar-refractivity contribution is 5.92. The fourth-order valence-electron chi connectivity index (χ4n) is 3.06. The zero-order valence-corrected chi connectivity index (χ0v) is 11.9. The summed E-state index contributed by atoms with van der Waals surface area (Å²) in [5.41, 5.74) is 0.969. The van der Waals surface area contributed by atoms with E-state index in [0.717, 1.165) is 31.1 Å². The van der Waals surface area contributed by atoms with E-state index in [0.29, 0.717) is 11.9 Å². The van der Waals surface area contributed by atoms with Crippen LogP contribution in [-0.4, -0.2) is 29.3 Å². The molecule has 1 N–H and O–H groups in total. The molecule has 0 spiro atoms. The summed E-state index contributed by atoms with van der Waals surface area (Å²) in [6.45, 7) is 3.30. The average molecular weight is 292 g/mol. The quantitative estimate of drug-likeness (QED) is 0.924. The standard InChI is InChI=1S/C16H18F2N2O/c1-10(21)11-3-2-6-20(9-11)15-4-5-19-16-13(15)7-12(17)8-14(16)18/h4-5,7-8,10-11,21H,2-3,6,9H2,1H3. The highest BCUT2D eigenvalue weighted by Gasteiger charge is 2.25. The number of aliphatic hydroxyl groups is 1. The van der Waals surface area contributed by atoms with Crippen molar-refractivity contribution in [3.8, 4) is 0 Å². The average Bonchev–Trinajstić information content (AvgIpc) is 2.46. The van der Waals surface area contributed by atoms with E-state index in [1.807, 2.05) is 0 Å². The number of rotatable bonds is 2. The third-order valence-corrected chi connectivity index (χ3v) is 4.22. The Kier molecular flexibility index (Phi) is 3.76. The maximum absolute atomic E-state index is 13.8. The molecule has 21 heavy (non-hydrogen) atoms. The van der Waals surface area contributed by atoms with Gasteiger partial charge in [-0.1, -0.05) is 0 Å². The Bertz CT molecular complexity index is 660. The van der Waals surface area contributed by atoms with E-state index in [1.165, 1.54) is 6.07 Å². The van der Waals surface area contributed by atoms with Gasteiger partial charge in [0.25, 0.3) is 0 Å². The summed E-state index contributed by atoms with van der Waals surface area (Å²) >= 11 is 0. The van der Waals surface area contributed by atoms with Crippen molar-refractivity contribution in [3.05, 3.63) is 36.0 Å². The number of nitrogens with zero attached hydrogens (tertiary/aromatic N) is 2. The Morgan fingerprint density at radius 3 is 2.95 bits per heavy atom. The molecule has 1 aliphatic heterocycles. The van der Waals surface area contributed by atoms with Crippen LogP contribution in [0.4, 0.5) is 14.5 Å². The molecule has 0 saturated carbocycles. The predicted molar refractivity (Wildman–Crippen MR) is 78.3 cm³/mol. The number of anilines is 1. The molecule has 2 heterocycles. The van der Waals surface area contributed by atoms with Crippen LogP contribution in [0.3, 0.4) is 0 Å². The molecule has 3 nitrogen and oxygen atoms in total. The molecular weight excluding hydrogens is 274 g/mol. The van der Waals surface area contributed by atoms with Gasteiger partial charge < -0.3 is 10.0 Å². The second kappa shape index (κ2) is 5.56. The normalized spacial score (nSPS) is 20.8. The third kappa shape index (κ3) is 2.70.